The third-order valence-corrected chi connectivity index (χ3v) is 13.4. The second-order valence-corrected chi connectivity index (χ2v) is 18.4. The zero-order chi connectivity index (χ0) is 43.0. The number of ketones is 3. The van der Waals surface area contributed by atoms with Crippen LogP contribution >= 0.6 is 22.6 Å². The quantitative estimate of drug-likeness (QED) is 0.0717. The summed E-state index contributed by atoms with van der Waals surface area (Å²) >= 11 is 2.34. The topological polar surface area (TPSA) is 143 Å². The Morgan fingerprint density at radius 1 is 0.661 bits per heavy atom. The molecule has 1 heterocycles. The van der Waals surface area contributed by atoms with E-state index in [1.807, 2.05) is 68.4 Å². The Morgan fingerprint density at radius 3 is 1.81 bits per heavy atom. The van der Waals surface area contributed by atoms with Crippen molar-refractivity contribution in [3.63, 3.8) is 0 Å². The summed E-state index contributed by atoms with van der Waals surface area (Å²) in [5.74, 6) is -1.16. The Hall–Kier alpha value is -5.33. The second kappa shape index (κ2) is 15.0. The van der Waals surface area contributed by atoms with Crippen molar-refractivity contribution in [3.05, 3.63) is 114 Å². The number of anilines is 1. The molecule has 0 fully saturated rings. The maximum Gasteiger partial charge on any atom is 0.247 e. The van der Waals surface area contributed by atoms with Crippen LogP contribution in [-0.4, -0.2) is 40.4 Å². The van der Waals surface area contributed by atoms with Gasteiger partial charge in [-0.15, -0.1) is 0 Å². The molecule has 1 atom stereocenters. The highest BCUT2D eigenvalue weighted by Gasteiger charge is 2.39. The van der Waals surface area contributed by atoms with Gasteiger partial charge < -0.3 is 14.8 Å². The first-order valence-electron chi connectivity index (χ1n) is 19.6. The molecule has 0 saturated heterocycles. The molecule has 9 nitrogen and oxygen atoms in total. The Bertz CT molecular complexity index is 2990. The number of fused-ring (bicyclic) bond motifs is 6. The van der Waals surface area contributed by atoms with Crippen molar-refractivity contribution in [1.82, 2.24) is 0 Å². The first kappa shape index (κ1) is 41.8. The zero-order valence-corrected chi connectivity index (χ0v) is 37.1. The molecule has 2 amide bonds. The second-order valence-electron chi connectivity index (χ2n) is 17.3. The zero-order valence-electron chi connectivity index (χ0n) is 35.0. The fraction of sp³-hybridized carbons (Fsp3) is 0.306. The van der Waals surface area contributed by atoms with Crippen molar-refractivity contribution in [2.45, 2.75) is 88.2 Å². The summed E-state index contributed by atoms with van der Waals surface area (Å²) in [5.41, 5.74) is 4.07. The van der Waals surface area contributed by atoms with Crippen LogP contribution in [0.3, 0.4) is 0 Å². The number of aliphatic hydroxyl groups is 1. The summed E-state index contributed by atoms with van der Waals surface area (Å²) in [5, 5.41) is 19.5. The van der Waals surface area contributed by atoms with Crippen LogP contribution in [0.5, 0.6) is 0 Å². The number of hydrogen-bond donors (Lipinski definition) is 2. The van der Waals surface area contributed by atoms with Gasteiger partial charge in [0.15, 0.2) is 17.3 Å². The minimum atomic E-state index is -0.898. The average molecular weight is 903 g/mol. The number of carbonyl (C=O) groups is 5. The predicted molar refractivity (Wildman–Crippen MR) is 241 cm³/mol. The Kier molecular flexibility index (Phi) is 10.7. The molecular formula is C49H47IN2O7. The van der Waals surface area contributed by atoms with Crippen molar-refractivity contribution >= 4 is 101 Å². The Morgan fingerprint density at radius 2 is 1.19 bits per heavy atom. The van der Waals surface area contributed by atoms with Crippen molar-refractivity contribution < 1.29 is 33.5 Å². The van der Waals surface area contributed by atoms with Gasteiger partial charge in [-0.3, -0.25) is 24.0 Å². The standard InChI is InChI=1S/C49H47IN2O7/c1-23-25(3)44(57)39(27(5)42(23)55)48(7,8)21-37(53)51-31-13-17-33-29(19-31)11-15-35-41(50)36-16-12-30-20-32(14-18-34(30)47(36)59-46(33)35)52-38(54)22-49(9,10)40-28(6)43(56)24(2)26(4)45(40)58/h11-20,42,55H,21-22H2,1-10H3,(H,51,53). The van der Waals surface area contributed by atoms with E-state index in [0.717, 1.165) is 35.9 Å². The average Bonchev–Trinajstić information content (AvgIpc) is 3.16. The molecule has 302 valence electrons. The summed E-state index contributed by atoms with van der Waals surface area (Å²) in [6, 6.07) is 19.2. The molecule has 0 aliphatic heterocycles. The van der Waals surface area contributed by atoms with E-state index in [0.29, 0.717) is 66.8 Å². The van der Waals surface area contributed by atoms with Crippen LogP contribution in [0.4, 0.5) is 5.69 Å². The molecule has 2 aliphatic rings. The van der Waals surface area contributed by atoms with Crippen LogP contribution < -0.4 is 10.7 Å². The molecular weight excluding hydrogens is 855 g/mol. The molecule has 0 spiro atoms. The van der Waals surface area contributed by atoms with Crippen molar-refractivity contribution in [2.75, 3.05) is 5.32 Å². The highest BCUT2D eigenvalue weighted by molar-refractivity contribution is 14.1. The van der Waals surface area contributed by atoms with Crippen molar-refractivity contribution in [2.24, 2.45) is 15.8 Å². The molecule has 1 aromatic heterocycles. The van der Waals surface area contributed by atoms with Gasteiger partial charge >= 0.3 is 0 Å². The largest absolute Gasteiger partial charge is 0.455 e. The summed E-state index contributed by atoms with van der Waals surface area (Å²) < 4.78 is 7.75. The number of halogens is 1. The van der Waals surface area contributed by atoms with E-state index in [4.69, 9.17) is 4.42 Å². The highest BCUT2D eigenvalue weighted by Crippen LogP contribution is 2.42. The van der Waals surface area contributed by atoms with E-state index in [1.54, 1.807) is 61.5 Å². The van der Waals surface area contributed by atoms with Gasteiger partial charge in [-0.25, -0.2) is 4.99 Å². The normalized spacial score (nSPS) is 17.5. The number of amides is 2. The molecule has 1 unspecified atom stereocenters. The molecule has 0 saturated carbocycles. The van der Waals surface area contributed by atoms with Crippen LogP contribution in [0.1, 0.15) is 82.1 Å². The van der Waals surface area contributed by atoms with Crippen LogP contribution in [-0.2, 0) is 24.0 Å². The maximum absolute atomic E-state index is 13.4. The van der Waals surface area contributed by atoms with Gasteiger partial charge in [0, 0.05) is 82.3 Å². The van der Waals surface area contributed by atoms with Crippen LogP contribution in [0.2, 0.25) is 0 Å². The number of allylic oxidation sites excluding steroid dienone is 6. The van der Waals surface area contributed by atoms with Gasteiger partial charge in [-0.05, 0) is 140 Å². The van der Waals surface area contributed by atoms with Crippen LogP contribution in [0, 0.1) is 14.4 Å². The van der Waals surface area contributed by atoms with Gasteiger partial charge in [-0.1, -0.05) is 39.8 Å². The van der Waals surface area contributed by atoms with E-state index in [-0.39, 0.29) is 36.1 Å². The molecule has 59 heavy (non-hydrogen) atoms. The smallest absolute Gasteiger partial charge is 0.247 e. The number of aliphatic hydroxyl groups excluding tert-OH is 1. The first-order valence-corrected chi connectivity index (χ1v) is 20.7. The lowest BCUT2D eigenvalue weighted by Gasteiger charge is -2.34. The number of hydrogen-bond acceptors (Lipinski definition) is 7. The van der Waals surface area contributed by atoms with Gasteiger partial charge in [0.05, 0.1) is 11.5 Å². The van der Waals surface area contributed by atoms with E-state index in [1.165, 1.54) is 0 Å². The van der Waals surface area contributed by atoms with Gasteiger partial charge in [0.2, 0.25) is 11.8 Å². The third-order valence-electron chi connectivity index (χ3n) is 12.2. The highest BCUT2D eigenvalue weighted by atomic mass is 127. The molecule has 0 bridgehead atoms. The Labute approximate surface area is 356 Å². The Balaban J connectivity index is 1.17. The number of carbonyl (C=O) groups excluding carboxylic acids is 5. The number of Topliss-reactive ketones (excluding diaryl/α,β-unsaturated/α-hetero) is 3. The number of nitrogens with one attached hydrogen (secondary N) is 1. The fourth-order valence-corrected chi connectivity index (χ4v) is 9.71. The first-order chi connectivity index (χ1) is 27.6. The van der Waals surface area contributed by atoms with E-state index >= 15 is 0 Å². The number of rotatable bonds is 7. The molecule has 2 aliphatic carbocycles. The molecule has 5 aromatic rings. The summed E-state index contributed by atoms with van der Waals surface area (Å²) in [4.78, 5) is 70.6. The summed E-state index contributed by atoms with van der Waals surface area (Å²) in [6.45, 7) is 17.5. The van der Waals surface area contributed by atoms with E-state index in [2.05, 4.69) is 32.9 Å². The number of nitrogens with zero attached hydrogens (tertiary/aromatic N) is 1. The lowest BCUT2D eigenvalue weighted by Crippen LogP contribution is -2.34. The molecule has 10 heteroatoms. The van der Waals surface area contributed by atoms with E-state index < -0.39 is 22.8 Å². The van der Waals surface area contributed by atoms with Gasteiger partial charge in [0.25, 0.3) is 0 Å². The fourth-order valence-electron chi connectivity index (χ4n) is 8.86. The van der Waals surface area contributed by atoms with Crippen LogP contribution in [0.25, 0.3) is 43.5 Å². The van der Waals surface area contributed by atoms with E-state index in [9.17, 15) is 29.1 Å². The summed E-state index contributed by atoms with van der Waals surface area (Å²) in [7, 11) is 0. The molecule has 4 aromatic carbocycles. The molecule has 0 radical (unpaired) electrons. The lowest BCUT2D eigenvalue weighted by molar-refractivity contribution is -0.121. The third kappa shape index (κ3) is 7.24. The molecule has 2 N–H and O–H groups in total. The molecule has 7 rings (SSSR count). The maximum atomic E-state index is 13.4. The number of benzene rings is 4. The van der Waals surface area contributed by atoms with Crippen LogP contribution in [0.15, 0.2) is 115 Å². The SMILES string of the molecule is CC1=C(C)C(=O)C(C(C)(C)CC(=O)N=c2ccc3c(ccc4c(I)c5ccc6cc(NC(=O)CC(C)(C)C7=C(C)C(O)C(C)=C(C)C7=O)ccc6c5oc43)c2)=C(C)C1=O. The summed E-state index contributed by atoms with van der Waals surface area (Å²) in [6.07, 6.45) is -0.841. The van der Waals surface area contributed by atoms with Gasteiger partial charge in [-0.2, -0.15) is 0 Å². The predicted octanol–water partition coefficient (Wildman–Crippen LogP) is 10.1. The minimum Gasteiger partial charge on any atom is -0.455 e. The monoisotopic (exact) mass is 902 g/mol. The van der Waals surface area contributed by atoms with Crippen molar-refractivity contribution in [1.29, 1.82) is 0 Å². The van der Waals surface area contributed by atoms with Gasteiger partial charge in [0.1, 0.15) is 11.2 Å². The lowest BCUT2D eigenvalue weighted by atomic mass is 9.71. The minimum absolute atomic E-state index is 0.0436. The van der Waals surface area contributed by atoms with Crippen molar-refractivity contribution in [3.8, 4) is 0 Å².